The summed E-state index contributed by atoms with van der Waals surface area (Å²) in [5.74, 6) is 3.13. The van der Waals surface area contributed by atoms with Gasteiger partial charge in [0.25, 0.3) is 0 Å². The Kier molecular flexibility index (Phi) is 6.30. The molecule has 0 atom stereocenters. The van der Waals surface area contributed by atoms with Crippen LogP contribution in [0.3, 0.4) is 0 Å². The SMILES string of the molecule is CCc1nc(N2CCN(C(=O)CC(C)C)CC2)c2c(C)nn(-c3ccc(OC)cc3)c2n1. The van der Waals surface area contributed by atoms with Gasteiger partial charge in [0, 0.05) is 39.0 Å². The maximum atomic E-state index is 12.5. The highest BCUT2D eigenvalue weighted by Gasteiger charge is 2.26. The van der Waals surface area contributed by atoms with Crippen LogP contribution in [0.2, 0.25) is 0 Å². The number of methoxy groups -OCH3 is 1. The van der Waals surface area contributed by atoms with Crippen LogP contribution in [0.25, 0.3) is 16.7 Å². The molecule has 2 aromatic heterocycles. The molecule has 0 unspecified atom stereocenters. The molecule has 1 aromatic carbocycles. The molecule has 32 heavy (non-hydrogen) atoms. The van der Waals surface area contributed by atoms with E-state index in [0.717, 1.165) is 59.3 Å². The van der Waals surface area contributed by atoms with E-state index in [-0.39, 0.29) is 5.91 Å². The number of carbonyl (C=O) groups excluding carboxylic acids is 1. The van der Waals surface area contributed by atoms with Crippen LogP contribution in [-0.2, 0) is 11.2 Å². The van der Waals surface area contributed by atoms with Crippen LogP contribution < -0.4 is 9.64 Å². The highest BCUT2D eigenvalue weighted by Crippen LogP contribution is 2.30. The zero-order chi connectivity index (χ0) is 22.8. The molecule has 0 saturated carbocycles. The lowest BCUT2D eigenvalue weighted by atomic mass is 10.1. The summed E-state index contributed by atoms with van der Waals surface area (Å²) in [5.41, 5.74) is 2.64. The number of ether oxygens (including phenoxy) is 1. The van der Waals surface area contributed by atoms with E-state index >= 15 is 0 Å². The number of rotatable bonds is 6. The van der Waals surface area contributed by atoms with Crippen LogP contribution in [0, 0.1) is 12.8 Å². The van der Waals surface area contributed by atoms with Crippen molar-refractivity contribution in [2.24, 2.45) is 5.92 Å². The van der Waals surface area contributed by atoms with Crippen molar-refractivity contribution < 1.29 is 9.53 Å². The standard InChI is InChI=1S/C24H32N6O2/c1-6-20-25-23(29-13-11-28(12-14-29)21(31)15-16(2)3)22-17(4)27-30(24(22)26-20)18-7-9-19(32-5)10-8-18/h7-10,16H,6,11-15H2,1-5H3. The first kappa shape index (κ1) is 22.0. The van der Waals surface area contributed by atoms with E-state index < -0.39 is 0 Å². The molecular weight excluding hydrogens is 404 g/mol. The average molecular weight is 437 g/mol. The molecule has 1 fully saturated rings. The number of hydrogen-bond acceptors (Lipinski definition) is 6. The minimum absolute atomic E-state index is 0.241. The fraction of sp³-hybridized carbons (Fsp3) is 0.500. The smallest absolute Gasteiger partial charge is 0.222 e. The Morgan fingerprint density at radius 3 is 2.38 bits per heavy atom. The number of aryl methyl sites for hydroxylation is 2. The summed E-state index contributed by atoms with van der Waals surface area (Å²) in [7, 11) is 1.66. The van der Waals surface area contributed by atoms with Gasteiger partial charge in [-0.2, -0.15) is 5.10 Å². The summed E-state index contributed by atoms with van der Waals surface area (Å²) in [6.45, 7) is 11.2. The molecule has 0 N–H and O–H groups in total. The van der Waals surface area contributed by atoms with Gasteiger partial charge in [0.05, 0.1) is 23.9 Å². The molecule has 170 valence electrons. The molecule has 3 aromatic rings. The fourth-order valence-electron chi connectivity index (χ4n) is 4.14. The Morgan fingerprint density at radius 1 is 1.09 bits per heavy atom. The maximum absolute atomic E-state index is 12.5. The van der Waals surface area contributed by atoms with E-state index in [1.54, 1.807) is 7.11 Å². The summed E-state index contributed by atoms with van der Waals surface area (Å²) >= 11 is 0. The first-order valence-corrected chi connectivity index (χ1v) is 11.3. The van der Waals surface area contributed by atoms with Crippen molar-refractivity contribution in [1.29, 1.82) is 0 Å². The third kappa shape index (κ3) is 4.26. The van der Waals surface area contributed by atoms with Crippen LogP contribution in [-0.4, -0.2) is 63.8 Å². The van der Waals surface area contributed by atoms with Gasteiger partial charge in [-0.25, -0.2) is 14.6 Å². The van der Waals surface area contributed by atoms with Crippen molar-refractivity contribution in [3.63, 3.8) is 0 Å². The molecule has 4 rings (SSSR count). The third-order valence-electron chi connectivity index (χ3n) is 5.88. The molecule has 8 nitrogen and oxygen atoms in total. The van der Waals surface area contributed by atoms with E-state index in [2.05, 4.69) is 25.7 Å². The molecular formula is C24H32N6O2. The zero-order valence-corrected chi connectivity index (χ0v) is 19.6. The van der Waals surface area contributed by atoms with Crippen molar-refractivity contribution in [2.45, 2.75) is 40.5 Å². The Bertz CT molecular complexity index is 1100. The predicted molar refractivity (Wildman–Crippen MR) is 126 cm³/mol. The number of hydrogen-bond donors (Lipinski definition) is 0. The van der Waals surface area contributed by atoms with Crippen LogP contribution in [0.4, 0.5) is 5.82 Å². The monoisotopic (exact) mass is 436 g/mol. The fourth-order valence-corrected chi connectivity index (χ4v) is 4.14. The number of benzene rings is 1. The number of aromatic nitrogens is 4. The van der Waals surface area contributed by atoms with Gasteiger partial charge in [0.1, 0.15) is 17.4 Å². The lowest BCUT2D eigenvalue weighted by molar-refractivity contribution is -0.132. The van der Waals surface area contributed by atoms with Gasteiger partial charge in [-0.05, 0) is 37.1 Å². The lowest BCUT2D eigenvalue weighted by Crippen LogP contribution is -2.49. The van der Waals surface area contributed by atoms with Gasteiger partial charge in [0.15, 0.2) is 5.65 Å². The summed E-state index contributed by atoms with van der Waals surface area (Å²) in [5, 5.41) is 5.78. The highest BCUT2D eigenvalue weighted by molar-refractivity contribution is 5.91. The number of anilines is 1. The number of nitrogens with zero attached hydrogens (tertiary/aromatic N) is 6. The minimum atomic E-state index is 0.241. The number of piperazine rings is 1. The first-order chi connectivity index (χ1) is 15.4. The quantitative estimate of drug-likeness (QED) is 0.590. The minimum Gasteiger partial charge on any atom is -0.497 e. The lowest BCUT2D eigenvalue weighted by Gasteiger charge is -2.36. The molecule has 1 aliphatic heterocycles. The molecule has 1 aliphatic rings. The zero-order valence-electron chi connectivity index (χ0n) is 19.6. The third-order valence-corrected chi connectivity index (χ3v) is 5.88. The number of carbonyl (C=O) groups is 1. The summed E-state index contributed by atoms with van der Waals surface area (Å²) in [6.07, 6.45) is 1.34. The Labute approximate surface area is 189 Å². The van der Waals surface area contributed by atoms with Gasteiger partial charge in [-0.15, -0.1) is 0 Å². The molecule has 3 heterocycles. The van der Waals surface area contributed by atoms with Crippen molar-refractivity contribution in [1.82, 2.24) is 24.6 Å². The molecule has 1 saturated heterocycles. The van der Waals surface area contributed by atoms with E-state index in [9.17, 15) is 4.79 Å². The Morgan fingerprint density at radius 2 is 1.78 bits per heavy atom. The van der Waals surface area contributed by atoms with Gasteiger partial charge >= 0.3 is 0 Å². The highest BCUT2D eigenvalue weighted by atomic mass is 16.5. The topological polar surface area (TPSA) is 76.4 Å². The molecule has 8 heteroatoms. The van der Waals surface area contributed by atoms with E-state index in [1.807, 2.05) is 40.8 Å². The van der Waals surface area contributed by atoms with Gasteiger partial charge in [-0.1, -0.05) is 20.8 Å². The molecule has 0 spiro atoms. The first-order valence-electron chi connectivity index (χ1n) is 11.3. The second-order valence-electron chi connectivity index (χ2n) is 8.68. The Hall–Kier alpha value is -3.16. The van der Waals surface area contributed by atoms with Gasteiger partial charge in [0.2, 0.25) is 5.91 Å². The molecule has 0 bridgehead atoms. The van der Waals surface area contributed by atoms with E-state index in [1.165, 1.54) is 0 Å². The van der Waals surface area contributed by atoms with Crippen molar-refractivity contribution >= 4 is 22.8 Å². The van der Waals surface area contributed by atoms with Crippen molar-refractivity contribution in [2.75, 3.05) is 38.2 Å². The molecule has 0 radical (unpaired) electrons. The predicted octanol–water partition coefficient (Wildman–Crippen LogP) is 3.39. The normalized spacial score (nSPS) is 14.4. The summed E-state index contributed by atoms with van der Waals surface area (Å²) < 4.78 is 7.18. The van der Waals surface area contributed by atoms with E-state index in [0.29, 0.717) is 25.4 Å². The van der Waals surface area contributed by atoms with Gasteiger partial charge < -0.3 is 14.5 Å². The van der Waals surface area contributed by atoms with Crippen LogP contribution >= 0.6 is 0 Å². The van der Waals surface area contributed by atoms with Crippen LogP contribution in [0.15, 0.2) is 24.3 Å². The molecule has 0 aliphatic carbocycles. The number of fused-ring (bicyclic) bond motifs is 1. The summed E-state index contributed by atoms with van der Waals surface area (Å²) in [4.78, 5) is 26.5. The van der Waals surface area contributed by atoms with Crippen molar-refractivity contribution in [3.05, 3.63) is 35.8 Å². The van der Waals surface area contributed by atoms with E-state index in [4.69, 9.17) is 19.8 Å². The Balaban J connectivity index is 1.68. The summed E-state index contributed by atoms with van der Waals surface area (Å²) in [6, 6.07) is 7.82. The second-order valence-corrected chi connectivity index (χ2v) is 8.68. The van der Waals surface area contributed by atoms with Crippen LogP contribution in [0.1, 0.15) is 38.7 Å². The second kappa shape index (κ2) is 9.14. The van der Waals surface area contributed by atoms with Gasteiger partial charge in [-0.3, -0.25) is 4.79 Å². The van der Waals surface area contributed by atoms with Crippen LogP contribution in [0.5, 0.6) is 5.75 Å². The number of amides is 1. The largest absolute Gasteiger partial charge is 0.497 e. The van der Waals surface area contributed by atoms with Crippen molar-refractivity contribution in [3.8, 4) is 11.4 Å². The maximum Gasteiger partial charge on any atom is 0.222 e. The molecule has 1 amide bonds. The average Bonchev–Trinajstić information content (AvgIpc) is 3.14.